The smallest absolute Gasteiger partial charge is 0.0748 e. The van der Waals surface area contributed by atoms with Crippen LogP contribution in [0, 0.1) is 6.92 Å². The summed E-state index contributed by atoms with van der Waals surface area (Å²) in [5.41, 5.74) is 3.61. The van der Waals surface area contributed by atoms with Crippen molar-refractivity contribution < 1.29 is 0 Å². The third-order valence-corrected chi connectivity index (χ3v) is 3.56. The molecule has 0 saturated carbocycles. The highest BCUT2D eigenvalue weighted by atomic mass is 35.5. The Morgan fingerprint density at radius 3 is 2.84 bits per heavy atom. The van der Waals surface area contributed by atoms with Crippen LogP contribution in [0.4, 0.5) is 0 Å². The summed E-state index contributed by atoms with van der Waals surface area (Å²) >= 11 is 6.13. The predicted molar refractivity (Wildman–Crippen MR) is 79.6 cm³/mol. The quantitative estimate of drug-likeness (QED) is 0.906. The van der Waals surface area contributed by atoms with Crippen LogP contribution in [0.3, 0.4) is 0 Å². The summed E-state index contributed by atoms with van der Waals surface area (Å²) in [7, 11) is 1.97. The molecule has 2 rings (SSSR count). The Kier molecular flexibility index (Phi) is 4.61. The average Bonchev–Trinajstić information content (AvgIpc) is 2.83. The largest absolute Gasteiger partial charge is 0.308 e. The van der Waals surface area contributed by atoms with Crippen molar-refractivity contribution in [3.05, 3.63) is 52.3 Å². The Morgan fingerprint density at radius 1 is 1.37 bits per heavy atom. The van der Waals surface area contributed by atoms with Crippen molar-refractivity contribution in [3.8, 4) is 0 Å². The van der Waals surface area contributed by atoms with Crippen molar-refractivity contribution in [2.24, 2.45) is 0 Å². The summed E-state index contributed by atoms with van der Waals surface area (Å²) in [6, 6.07) is 8.20. The number of halogens is 1. The fraction of sp³-hybridized carbons (Fsp3) is 0.400. The number of benzene rings is 1. The van der Waals surface area contributed by atoms with E-state index < -0.39 is 0 Å². The molecule has 0 spiro atoms. The third kappa shape index (κ3) is 2.99. The van der Waals surface area contributed by atoms with Crippen molar-refractivity contribution in [2.45, 2.75) is 32.9 Å². The second-order valence-electron chi connectivity index (χ2n) is 4.70. The minimum atomic E-state index is 0.118. The summed E-state index contributed by atoms with van der Waals surface area (Å²) in [5, 5.41) is 8.53. The van der Waals surface area contributed by atoms with Gasteiger partial charge in [-0.2, -0.15) is 5.10 Å². The number of hydrogen-bond acceptors (Lipinski definition) is 2. The SMILES string of the molecule is CCCn1nccc1C(NC)c1cc(Cl)ccc1C. The van der Waals surface area contributed by atoms with Gasteiger partial charge in [0.2, 0.25) is 0 Å². The number of hydrogen-bond donors (Lipinski definition) is 1. The first kappa shape index (κ1) is 14.1. The van der Waals surface area contributed by atoms with Crippen LogP contribution in [-0.4, -0.2) is 16.8 Å². The molecule has 0 aliphatic heterocycles. The van der Waals surface area contributed by atoms with Crippen LogP contribution in [0.25, 0.3) is 0 Å². The van der Waals surface area contributed by atoms with Crippen molar-refractivity contribution in [2.75, 3.05) is 7.05 Å². The topological polar surface area (TPSA) is 29.9 Å². The minimum absolute atomic E-state index is 0.118. The lowest BCUT2D eigenvalue weighted by atomic mass is 9.99. The second-order valence-corrected chi connectivity index (χ2v) is 5.14. The lowest BCUT2D eigenvalue weighted by Gasteiger charge is -2.20. The monoisotopic (exact) mass is 277 g/mol. The predicted octanol–water partition coefficient (Wildman–Crippen LogP) is 3.56. The van der Waals surface area contributed by atoms with Crippen LogP contribution in [0.15, 0.2) is 30.5 Å². The lowest BCUT2D eigenvalue weighted by molar-refractivity contribution is 0.534. The molecule has 1 unspecified atom stereocenters. The van der Waals surface area contributed by atoms with Gasteiger partial charge in [-0.15, -0.1) is 0 Å². The fourth-order valence-corrected chi connectivity index (χ4v) is 2.55. The molecular weight excluding hydrogens is 258 g/mol. The van der Waals surface area contributed by atoms with Crippen LogP contribution in [0.5, 0.6) is 0 Å². The minimum Gasteiger partial charge on any atom is -0.308 e. The third-order valence-electron chi connectivity index (χ3n) is 3.32. The molecule has 1 atom stereocenters. The molecule has 0 aliphatic rings. The van der Waals surface area contributed by atoms with Gasteiger partial charge in [0.05, 0.1) is 11.7 Å². The second kappa shape index (κ2) is 6.22. The summed E-state index contributed by atoms with van der Waals surface area (Å²) < 4.78 is 2.06. The molecule has 0 fully saturated rings. The first-order valence-electron chi connectivity index (χ1n) is 6.62. The molecule has 4 heteroatoms. The van der Waals surface area contributed by atoms with Gasteiger partial charge < -0.3 is 5.32 Å². The molecule has 1 aromatic carbocycles. The van der Waals surface area contributed by atoms with Gasteiger partial charge in [-0.25, -0.2) is 0 Å². The molecule has 0 aliphatic carbocycles. The molecule has 0 saturated heterocycles. The van der Waals surface area contributed by atoms with E-state index in [0.29, 0.717) is 0 Å². The molecule has 0 amide bonds. The summed E-state index contributed by atoms with van der Waals surface area (Å²) in [5.74, 6) is 0. The highest BCUT2D eigenvalue weighted by Gasteiger charge is 2.18. The van der Waals surface area contributed by atoms with Crippen LogP contribution in [0.1, 0.15) is 36.2 Å². The van der Waals surface area contributed by atoms with Crippen LogP contribution < -0.4 is 5.32 Å². The molecule has 1 heterocycles. The number of rotatable bonds is 5. The number of aryl methyl sites for hydroxylation is 2. The van der Waals surface area contributed by atoms with Gasteiger partial charge in [-0.1, -0.05) is 24.6 Å². The lowest BCUT2D eigenvalue weighted by Crippen LogP contribution is -2.22. The van der Waals surface area contributed by atoms with Crippen molar-refractivity contribution >= 4 is 11.6 Å². The molecule has 0 bridgehead atoms. The standard InChI is InChI=1S/C15H20ClN3/c1-4-9-19-14(7-8-18-19)15(17-3)13-10-12(16)6-5-11(13)2/h5-8,10,15,17H,4,9H2,1-3H3. The number of aromatic nitrogens is 2. The van der Waals surface area contributed by atoms with E-state index in [-0.39, 0.29) is 6.04 Å². The van der Waals surface area contributed by atoms with E-state index in [1.54, 1.807) is 0 Å². The van der Waals surface area contributed by atoms with E-state index in [0.717, 1.165) is 18.0 Å². The average molecular weight is 278 g/mol. The van der Waals surface area contributed by atoms with E-state index in [1.807, 2.05) is 25.4 Å². The Hall–Kier alpha value is -1.32. The first-order valence-corrected chi connectivity index (χ1v) is 7.00. The van der Waals surface area contributed by atoms with Crippen LogP contribution in [-0.2, 0) is 6.54 Å². The normalized spacial score (nSPS) is 12.6. The van der Waals surface area contributed by atoms with Crippen LogP contribution in [0.2, 0.25) is 5.02 Å². The van der Waals surface area contributed by atoms with Crippen molar-refractivity contribution in [1.29, 1.82) is 0 Å². The van der Waals surface area contributed by atoms with Gasteiger partial charge in [0.1, 0.15) is 0 Å². The van der Waals surface area contributed by atoms with E-state index >= 15 is 0 Å². The van der Waals surface area contributed by atoms with Crippen molar-refractivity contribution in [1.82, 2.24) is 15.1 Å². The Morgan fingerprint density at radius 2 is 2.16 bits per heavy atom. The number of nitrogens with zero attached hydrogens (tertiary/aromatic N) is 2. The van der Waals surface area contributed by atoms with Gasteiger partial charge in [0.25, 0.3) is 0 Å². The van der Waals surface area contributed by atoms with E-state index in [4.69, 9.17) is 11.6 Å². The molecule has 102 valence electrons. The summed E-state index contributed by atoms with van der Waals surface area (Å²) in [4.78, 5) is 0. The molecular formula is C15H20ClN3. The van der Waals surface area contributed by atoms with Gasteiger partial charge >= 0.3 is 0 Å². The Bertz CT molecular complexity index is 548. The van der Waals surface area contributed by atoms with E-state index in [1.165, 1.54) is 16.8 Å². The fourth-order valence-electron chi connectivity index (χ4n) is 2.37. The highest BCUT2D eigenvalue weighted by Crippen LogP contribution is 2.27. The maximum atomic E-state index is 6.13. The summed E-state index contributed by atoms with van der Waals surface area (Å²) in [6.07, 6.45) is 2.93. The van der Waals surface area contributed by atoms with Gasteiger partial charge in [-0.3, -0.25) is 4.68 Å². The molecule has 1 aromatic heterocycles. The Labute approximate surface area is 119 Å². The van der Waals surface area contributed by atoms with Gasteiger partial charge in [0, 0.05) is 17.8 Å². The van der Waals surface area contributed by atoms with E-state index in [2.05, 4.69) is 41.1 Å². The number of nitrogens with one attached hydrogen (secondary N) is 1. The maximum Gasteiger partial charge on any atom is 0.0748 e. The van der Waals surface area contributed by atoms with Gasteiger partial charge in [0.15, 0.2) is 0 Å². The maximum absolute atomic E-state index is 6.13. The zero-order valence-corrected chi connectivity index (χ0v) is 12.4. The Balaban J connectivity index is 2.44. The first-order chi connectivity index (χ1) is 9.17. The summed E-state index contributed by atoms with van der Waals surface area (Å²) in [6.45, 7) is 5.20. The van der Waals surface area contributed by atoms with Crippen LogP contribution >= 0.6 is 11.6 Å². The van der Waals surface area contributed by atoms with Gasteiger partial charge in [-0.05, 0) is 49.7 Å². The van der Waals surface area contributed by atoms with Crippen molar-refractivity contribution in [3.63, 3.8) is 0 Å². The zero-order chi connectivity index (χ0) is 13.8. The molecule has 2 aromatic rings. The van der Waals surface area contributed by atoms with E-state index in [9.17, 15) is 0 Å². The molecule has 0 radical (unpaired) electrons. The zero-order valence-electron chi connectivity index (χ0n) is 11.7. The highest BCUT2D eigenvalue weighted by molar-refractivity contribution is 6.30. The molecule has 3 nitrogen and oxygen atoms in total. The molecule has 19 heavy (non-hydrogen) atoms. The molecule has 1 N–H and O–H groups in total.